The van der Waals surface area contributed by atoms with Crippen molar-refractivity contribution in [1.29, 1.82) is 0 Å². The molecule has 0 aliphatic carbocycles. The van der Waals surface area contributed by atoms with Gasteiger partial charge >= 0.3 is 0 Å². The summed E-state index contributed by atoms with van der Waals surface area (Å²) in [7, 11) is 0. The van der Waals surface area contributed by atoms with E-state index in [9.17, 15) is 15.0 Å². The maximum Gasteiger partial charge on any atom is 0.193 e. The zero-order valence-electron chi connectivity index (χ0n) is 14.6. The number of hydrogen-bond donors (Lipinski definition) is 2. The van der Waals surface area contributed by atoms with Crippen molar-refractivity contribution in [3.63, 3.8) is 0 Å². The fraction of sp³-hybridized carbons (Fsp3) is 0.136. The van der Waals surface area contributed by atoms with Gasteiger partial charge in [0.05, 0.1) is 0 Å². The highest BCUT2D eigenvalue weighted by molar-refractivity contribution is 6.09. The number of aliphatic hydroxyl groups excluding tert-OH is 1. The lowest BCUT2D eigenvalue weighted by Crippen LogP contribution is -2.25. The van der Waals surface area contributed by atoms with Gasteiger partial charge in [0, 0.05) is 11.1 Å². The summed E-state index contributed by atoms with van der Waals surface area (Å²) in [6.07, 6.45) is -0.775. The maximum atomic E-state index is 12.4. The number of phenolic OH excluding ortho intramolecular Hbond substituents is 1. The number of ether oxygens (including phenoxy) is 2. The molecule has 1 atom stereocenters. The molecule has 3 rings (SSSR count). The molecule has 0 aliphatic heterocycles. The van der Waals surface area contributed by atoms with E-state index >= 15 is 0 Å². The number of phenols is 1. The molecule has 2 N–H and O–H groups in total. The lowest BCUT2D eigenvalue weighted by atomic mass is 10.0. The van der Waals surface area contributed by atoms with Gasteiger partial charge in [0.15, 0.2) is 5.78 Å². The Morgan fingerprint density at radius 1 is 0.741 bits per heavy atom. The van der Waals surface area contributed by atoms with Crippen LogP contribution in [0.4, 0.5) is 0 Å². The van der Waals surface area contributed by atoms with Gasteiger partial charge < -0.3 is 19.7 Å². The van der Waals surface area contributed by atoms with Crippen molar-refractivity contribution in [2.45, 2.75) is 6.10 Å². The van der Waals surface area contributed by atoms with E-state index in [1.54, 1.807) is 36.4 Å². The number of para-hydroxylation sites is 1. The summed E-state index contributed by atoms with van der Waals surface area (Å²) in [5, 5.41) is 19.3. The largest absolute Gasteiger partial charge is 0.508 e. The van der Waals surface area contributed by atoms with Gasteiger partial charge in [0.25, 0.3) is 0 Å². The number of aromatic hydroxyl groups is 1. The lowest BCUT2D eigenvalue weighted by molar-refractivity contribution is 0.0626. The summed E-state index contributed by atoms with van der Waals surface area (Å²) in [4.78, 5) is 12.4. The Morgan fingerprint density at radius 2 is 1.22 bits per heavy atom. The molecule has 138 valence electrons. The third kappa shape index (κ3) is 5.33. The highest BCUT2D eigenvalue weighted by Gasteiger charge is 2.10. The van der Waals surface area contributed by atoms with Crippen molar-refractivity contribution in [3.05, 3.63) is 90.0 Å². The zero-order chi connectivity index (χ0) is 19.1. The van der Waals surface area contributed by atoms with Crippen LogP contribution in [0.1, 0.15) is 15.9 Å². The van der Waals surface area contributed by atoms with Gasteiger partial charge in [-0.3, -0.25) is 4.79 Å². The van der Waals surface area contributed by atoms with Crippen LogP contribution >= 0.6 is 0 Å². The van der Waals surface area contributed by atoms with Crippen molar-refractivity contribution in [2.75, 3.05) is 13.2 Å². The molecule has 0 saturated heterocycles. The maximum absolute atomic E-state index is 12.4. The van der Waals surface area contributed by atoms with Crippen LogP contribution in [0.5, 0.6) is 17.2 Å². The summed E-state index contributed by atoms with van der Waals surface area (Å²) >= 11 is 0. The molecule has 0 amide bonds. The minimum Gasteiger partial charge on any atom is -0.508 e. The first kappa shape index (κ1) is 18.5. The standard InChI is InChI=1S/C22H20O5/c23-18-10-6-16(7-11-18)22(25)17-8-12-21(13-9-17)27-15-19(24)14-26-20-4-2-1-3-5-20/h1-13,19,23-24H,14-15H2. The molecule has 0 radical (unpaired) electrons. The number of hydrogen-bond acceptors (Lipinski definition) is 5. The predicted molar refractivity (Wildman–Crippen MR) is 101 cm³/mol. The van der Waals surface area contributed by atoms with E-state index in [1.165, 1.54) is 12.1 Å². The SMILES string of the molecule is O=C(c1ccc(O)cc1)c1ccc(OCC(O)COc2ccccc2)cc1. The first-order valence-corrected chi connectivity index (χ1v) is 8.54. The second-order valence-corrected chi connectivity index (χ2v) is 5.99. The molecule has 5 nitrogen and oxygen atoms in total. The molecular weight excluding hydrogens is 344 g/mol. The third-order valence-electron chi connectivity index (χ3n) is 3.87. The number of carbonyl (C=O) groups excluding carboxylic acids is 1. The molecule has 0 aliphatic rings. The average Bonchev–Trinajstić information content (AvgIpc) is 2.72. The Morgan fingerprint density at radius 3 is 1.78 bits per heavy atom. The van der Waals surface area contributed by atoms with Crippen molar-refractivity contribution in [1.82, 2.24) is 0 Å². The van der Waals surface area contributed by atoms with Crippen molar-refractivity contribution in [3.8, 4) is 17.2 Å². The molecule has 0 spiro atoms. The van der Waals surface area contributed by atoms with Gasteiger partial charge in [0.2, 0.25) is 0 Å². The number of ketones is 1. The minimum atomic E-state index is -0.775. The van der Waals surface area contributed by atoms with Gasteiger partial charge in [-0.05, 0) is 60.7 Å². The number of rotatable bonds is 8. The van der Waals surface area contributed by atoms with Gasteiger partial charge in [-0.25, -0.2) is 0 Å². The summed E-state index contributed by atoms with van der Waals surface area (Å²) in [6, 6.07) is 22.0. The fourth-order valence-corrected chi connectivity index (χ4v) is 2.43. The van der Waals surface area contributed by atoms with Crippen LogP contribution in [0.15, 0.2) is 78.9 Å². The van der Waals surface area contributed by atoms with Gasteiger partial charge in [0.1, 0.15) is 36.6 Å². The second-order valence-electron chi connectivity index (χ2n) is 5.99. The normalized spacial score (nSPS) is 11.6. The molecule has 0 fully saturated rings. The molecule has 3 aromatic rings. The van der Waals surface area contributed by atoms with Crippen molar-refractivity contribution < 1.29 is 24.5 Å². The lowest BCUT2D eigenvalue weighted by Gasteiger charge is -2.13. The van der Waals surface area contributed by atoms with E-state index in [0.717, 1.165) is 0 Å². The smallest absolute Gasteiger partial charge is 0.193 e. The third-order valence-corrected chi connectivity index (χ3v) is 3.87. The first-order valence-electron chi connectivity index (χ1n) is 8.54. The Labute approximate surface area is 157 Å². The molecule has 3 aromatic carbocycles. The summed E-state index contributed by atoms with van der Waals surface area (Å²) < 4.78 is 11.0. The molecule has 0 aromatic heterocycles. The van der Waals surface area contributed by atoms with Crippen LogP contribution < -0.4 is 9.47 Å². The van der Waals surface area contributed by atoms with Gasteiger partial charge in [-0.15, -0.1) is 0 Å². The van der Waals surface area contributed by atoms with E-state index in [4.69, 9.17) is 9.47 Å². The summed E-state index contributed by atoms with van der Waals surface area (Å²) in [5.41, 5.74) is 1.01. The van der Waals surface area contributed by atoms with E-state index in [1.807, 2.05) is 30.3 Å². The van der Waals surface area contributed by atoms with Crippen LogP contribution in [0.2, 0.25) is 0 Å². The summed E-state index contributed by atoms with van der Waals surface area (Å²) in [5.74, 6) is 1.22. The molecule has 1 unspecified atom stereocenters. The number of aliphatic hydroxyl groups is 1. The van der Waals surface area contributed by atoms with Gasteiger partial charge in [-0.2, -0.15) is 0 Å². The molecule has 0 heterocycles. The monoisotopic (exact) mass is 364 g/mol. The van der Waals surface area contributed by atoms with E-state index in [2.05, 4.69) is 0 Å². The fourth-order valence-electron chi connectivity index (χ4n) is 2.43. The Hall–Kier alpha value is -3.31. The molecule has 0 bridgehead atoms. The second kappa shape index (κ2) is 8.87. The average molecular weight is 364 g/mol. The van der Waals surface area contributed by atoms with Crippen LogP contribution in [0.3, 0.4) is 0 Å². The van der Waals surface area contributed by atoms with Crippen LogP contribution in [-0.4, -0.2) is 35.3 Å². The van der Waals surface area contributed by atoms with Crippen molar-refractivity contribution in [2.24, 2.45) is 0 Å². The highest BCUT2D eigenvalue weighted by atomic mass is 16.5. The zero-order valence-corrected chi connectivity index (χ0v) is 14.6. The Bertz CT molecular complexity index is 857. The molecular formula is C22H20O5. The number of benzene rings is 3. The Balaban J connectivity index is 1.50. The Kier molecular flexibility index (Phi) is 6.07. The minimum absolute atomic E-state index is 0.0814. The van der Waals surface area contributed by atoms with E-state index < -0.39 is 6.10 Å². The van der Waals surface area contributed by atoms with E-state index in [-0.39, 0.29) is 24.7 Å². The summed E-state index contributed by atoms with van der Waals surface area (Å²) in [6.45, 7) is 0.208. The number of carbonyl (C=O) groups is 1. The van der Waals surface area contributed by atoms with E-state index in [0.29, 0.717) is 22.6 Å². The van der Waals surface area contributed by atoms with Crippen molar-refractivity contribution >= 4 is 5.78 Å². The molecule has 5 heteroatoms. The highest BCUT2D eigenvalue weighted by Crippen LogP contribution is 2.17. The topological polar surface area (TPSA) is 76.0 Å². The molecule has 27 heavy (non-hydrogen) atoms. The quantitative estimate of drug-likeness (QED) is 0.599. The predicted octanol–water partition coefficient (Wildman–Crippen LogP) is 3.44. The van der Waals surface area contributed by atoms with Crippen LogP contribution in [-0.2, 0) is 0 Å². The van der Waals surface area contributed by atoms with Crippen LogP contribution in [0, 0.1) is 0 Å². The first-order chi connectivity index (χ1) is 13.1. The molecule has 0 saturated carbocycles. The van der Waals surface area contributed by atoms with Gasteiger partial charge in [-0.1, -0.05) is 18.2 Å². The van der Waals surface area contributed by atoms with Crippen LogP contribution in [0.25, 0.3) is 0 Å².